The third-order valence-electron chi connectivity index (χ3n) is 4.25. The molecular weight excluding hydrogens is 366 g/mol. The molecule has 3 aromatic carbocycles. The number of rotatable bonds is 9. The SMILES string of the molecule is O=C(COC(=O)CCOc1ccccc1)NC(c1ccccc1)c1ccccc1. The molecule has 5 heteroatoms. The Balaban J connectivity index is 1.49. The summed E-state index contributed by atoms with van der Waals surface area (Å²) in [6, 6.07) is 28.2. The second-order valence-corrected chi connectivity index (χ2v) is 6.39. The van der Waals surface area contributed by atoms with Crippen LogP contribution in [-0.4, -0.2) is 25.1 Å². The van der Waals surface area contributed by atoms with Gasteiger partial charge < -0.3 is 14.8 Å². The number of benzene rings is 3. The Morgan fingerprint density at radius 3 is 1.83 bits per heavy atom. The van der Waals surface area contributed by atoms with Crippen LogP contribution in [0.5, 0.6) is 5.75 Å². The quantitative estimate of drug-likeness (QED) is 0.564. The number of hydrogen-bond acceptors (Lipinski definition) is 4. The zero-order valence-corrected chi connectivity index (χ0v) is 16.0. The Labute approximate surface area is 170 Å². The molecule has 0 unspecified atom stereocenters. The van der Waals surface area contributed by atoms with Crippen molar-refractivity contribution >= 4 is 11.9 Å². The summed E-state index contributed by atoms with van der Waals surface area (Å²) in [7, 11) is 0. The monoisotopic (exact) mass is 389 g/mol. The number of ether oxygens (including phenoxy) is 2. The predicted molar refractivity (Wildman–Crippen MR) is 110 cm³/mol. The zero-order chi connectivity index (χ0) is 20.3. The average Bonchev–Trinajstić information content (AvgIpc) is 2.78. The maximum atomic E-state index is 12.4. The molecule has 0 radical (unpaired) electrons. The summed E-state index contributed by atoms with van der Waals surface area (Å²) in [4.78, 5) is 24.3. The molecular formula is C24H23NO4. The van der Waals surface area contributed by atoms with Crippen molar-refractivity contribution in [3.05, 3.63) is 102 Å². The van der Waals surface area contributed by atoms with Gasteiger partial charge in [-0.05, 0) is 23.3 Å². The van der Waals surface area contributed by atoms with Gasteiger partial charge in [-0.3, -0.25) is 9.59 Å². The van der Waals surface area contributed by atoms with Crippen molar-refractivity contribution in [1.82, 2.24) is 5.32 Å². The fourth-order valence-corrected chi connectivity index (χ4v) is 2.84. The molecule has 5 nitrogen and oxygen atoms in total. The standard InChI is InChI=1S/C24H23NO4/c26-22(18-29-23(27)16-17-28-21-14-8-3-9-15-21)25-24(19-10-4-1-5-11-19)20-12-6-2-7-13-20/h1-15,24H,16-18H2,(H,25,26). The second kappa shape index (κ2) is 10.7. The van der Waals surface area contributed by atoms with Gasteiger partial charge in [0, 0.05) is 0 Å². The number of para-hydroxylation sites is 1. The minimum absolute atomic E-state index is 0.0724. The maximum Gasteiger partial charge on any atom is 0.309 e. The molecule has 0 heterocycles. The van der Waals surface area contributed by atoms with Crippen LogP contribution in [-0.2, 0) is 14.3 Å². The topological polar surface area (TPSA) is 64.6 Å². The maximum absolute atomic E-state index is 12.4. The lowest BCUT2D eigenvalue weighted by Gasteiger charge is -2.20. The first-order chi connectivity index (χ1) is 14.2. The van der Waals surface area contributed by atoms with E-state index in [2.05, 4.69) is 5.32 Å². The molecule has 0 aliphatic carbocycles. The van der Waals surface area contributed by atoms with Crippen molar-refractivity contribution in [2.24, 2.45) is 0 Å². The summed E-state index contributed by atoms with van der Waals surface area (Å²) in [5, 5.41) is 2.94. The van der Waals surface area contributed by atoms with E-state index in [1.807, 2.05) is 91.0 Å². The Morgan fingerprint density at radius 1 is 0.759 bits per heavy atom. The van der Waals surface area contributed by atoms with Crippen LogP contribution in [0.1, 0.15) is 23.6 Å². The number of nitrogens with one attached hydrogen (secondary N) is 1. The van der Waals surface area contributed by atoms with E-state index in [0.717, 1.165) is 11.1 Å². The fourth-order valence-electron chi connectivity index (χ4n) is 2.84. The molecule has 1 N–H and O–H groups in total. The summed E-state index contributed by atoms with van der Waals surface area (Å²) in [5.74, 6) is -0.154. The minimum Gasteiger partial charge on any atom is -0.493 e. The van der Waals surface area contributed by atoms with Gasteiger partial charge >= 0.3 is 5.97 Å². The van der Waals surface area contributed by atoms with Crippen LogP contribution in [0.4, 0.5) is 0 Å². The van der Waals surface area contributed by atoms with Crippen molar-refractivity contribution in [2.45, 2.75) is 12.5 Å². The molecule has 29 heavy (non-hydrogen) atoms. The van der Waals surface area contributed by atoms with Gasteiger partial charge in [-0.1, -0.05) is 78.9 Å². The molecule has 148 valence electrons. The van der Waals surface area contributed by atoms with Gasteiger partial charge in [-0.2, -0.15) is 0 Å². The normalized spacial score (nSPS) is 10.4. The van der Waals surface area contributed by atoms with Gasteiger partial charge in [-0.15, -0.1) is 0 Å². The molecule has 0 spiro atoms. The van der Waals surface area contributed by atoms with Gasteiger partial charge in [0.2, 0.25) is 0 Å². The Morgan fingerprint density at radius 2 is 1.28 bits per heavy atom. The van der Waals surface area contributed by atoms with Crippen LogP contribution in [0.3, 0.4) is 0 Å². The van der Waals surface area contributed by atoms with Crippen LogP contribution >= 0.6 is 0 Å². The molecule has 0 saturated heterocycles. The molecule has 1 amide bonds. The van der Waals surface area contributed by atoms with Gasteiger partial charge in [0.25, 0.3) is 5.91 Å². The van der Waals surface area contributed by atoms with Crippen LogP contribution in [0.15, 0.2) is 91.0 Å². The lowest BCUT2D eigenvalue weighted by Crippen LogP contribution is -2.33. The van der Waals surface area contributed by atoms with E-state index in [-0.39, 0.29) is 31.6 Å². The highest BCUT2D eigenvalue weighted by Crippen LogP contribution is 2.21. The highest BCUT2D eigenvalue weighted by atomic mass is 16.5. The highest BCUT2D eigenvalue weighted by molar-refractivity contribution is 5.81. The van der Waals surface area contributed by atoms with E-state index in [9.17, 15) is 9.59 Å². The number of carbonyl (C=O) groups is 2. The molecule has 0 aliphatic heterocycles. The van der Waals surface area contributed by atoms with Crippen molar-refractivity contribution in [1.29, 1.82) is 0 Å². The summed E-state index contributed by atoms with van der Waals surface area (Å²) >= 11 is 0. The van der Waals surface area contributed by atoms with Gasteiger partial charge in [-0.25, -0.2) is 0 Å². The second-order valence-electron chi connectivity index (χ2n) is 6.39. The molecule has 0 fully saturated rings. The number of carbonyl (C=O) groups excluding carboxylic acids is 2. The van der Waals surface area contributed by atoms with Crippen LogP contribution in [0.25, 0.3) is 0 Å². The Kier molecular flexibility index (Phi) is 7.41. The minimum atomic E-state index is -0.480. The zero-order valence-electron chi connectivity index (χ0n) is 16.0. The molecule has 3 aromatic rings. The van der Waals surface area contributed by atoms with E-state index in [1.54, 1.807) is 0 Å². The van der Waals surface area contributed by atoms with Gasteiger partial charge in [0.1, 0.15) is 5.75 Å². The predicted octanol–water partition coefficient (Wildman–Crippen LogP) is 3.90. The first-order valence-electron chi connectivity index (χ1n) is 9.45. The first-order valence-corrected chi connectivity index (χ1v) is 9.45. The van der Waals surface area contributed by atoms with Crippen LogP contribution in [0, 0.1) is 0 Å². The molecule has 0 aromatic heterocycles. The number of hydrogen-bond donors (Lipinski definition) is 1. The van der Waals surface area contributed by atoms with E-state index in [0.29, 0.717) is 5.75 Å². The summed E-state index contributed by atoms with van der Waals surface area (Å²) in [6.45, 7) is -0.137. The fraction of sp³-hybridized carbons (Fsp3) is 0.167. The van der Waals surface area contributed by atoms with Crippen molar-refractivity contribution in [3.63, 3.8) is 0 Å². The molecule has 0 aliphatic rings. The lowest BCUT2D eigenvalue weighted by molar-refractivity contribution is -0.149. The molecule has 3 rings (SSSR count). The van der Waals surface area contributed by atoms with E-state index in [1.165, 1.54) is 0 Å². The summed E-state index contributed by atoms with van der Waals surface area (Å²) in [5.41, 5.74) is 1.91. The largest absolute Gasteiger partial charge is 0.493 e. The Bertz CT molecular complexity index is 858. The molecule has 0 saturated carbocycles. The smallest absolute Gasteiger partial charge is 0.309 e. The molecule has 0 atom stereocenters. The van der Waals surface area contributed by atoms with Crippen LogP contribution in [0.2, 0.25) is 0 Å². The van der Waals surface area contributed by atoms with Crippen molar-refractivity contribution in [2.75, 3.05) is 13.2 Å². The molecule has 0 bridgehead atoms. The Hall–Kier alpha value is -3.60. The number of amides is 1. The van der Waals surface area contributed by atoms with E-state index < -0.39 is 5.97 Å². The van der Waals surface area contributed by atoms with Gasteiger partial charge in [0.05, 0.1) is 19.1 Å². The lowest BCUT2D eigenvalue weighted by atomic mass is 9.99. The third-order valence-corrected chi connectivity index (χ3v) is 4.25. The first kappa shape index (κ1) is 20.1. The number of esters is 1. The van der Waals surface area contributed by atoms with E-state index in [4.69, 9.17) is 9.47 Å². The van der Waals surface area contributed by atoms with Crippen LogP contribution < -0.4 is 10.1 Å². The third kappa shape index (κ3) is 6.50. The van der Waals surface area contributed by atoms with Crippen molar-refractivity contribution < 1.29 is 19.1 Å². The highest BCUT2D eigenvalue weighted by Gasteiger charge is 2.17. The summed E-state index contributed by atoms with van der Waals surface area (Å²) in [6.07, 6.45) is 0.0724. The van der Waals surface area contributed by atoms with E-state index >= 15 is 0 Å². The van der Waals surface area contributed by atoms with Crippen molar-refractivity contribution in [3.8, 4) is 5.75 Å². The van der Waals surface area contributed by atoms with Gasteiger partial charge in [0.15, 0.2) is 6.61 Å². The summed E-state index contributed by atoms with van der Waals surface area (Å²) < 4.78 is 10.5. The average molecular weight is 389 g/mol.